The van der Waals surface area contributed by atoms with E-state index in [9.17, 15) is 18.0 Å². The molecular formula is C15H10F3N5O2S. The number of nitrogens with zero attached hydrogens (tertiary/aromatic N) is 4. The molecule has 0 bridgehead atoms. The molecule has 134 valence electrons. The average Bonchev–Trinajstić information content (AvgIpc) is 3.31. The van der Waals surface area contributed by atoms with Crippen molar-refractivity contribution in [1.82, 2.24) is 25.0 Å². The number of alkyl halides is 3. The van der Waals surface area contributed by atoms with Crippen LogP contribution >= 0.6 is 11.3 Å². The number of amides is 1. The lowest BCUT2D eigenvalue weighted by molar-refractivity contribution is -0.159. The molecule has 0 radical (unpaired) electrons. The number of imidazole rings is 1. The number of nitrogens with one attached hydrogen (secondary N) is 1. The van der Waals surface area contributed by atoms with Crippen LogP contribution in [0.3, 0.4) is 0 Å². The van der Waals surface area contributed by atoms with Gasteiger partial charge >= 0.3 is 12.1 Å². The number of hydrogen-bond donors (Lipinski definition) is 1. The SMILES string of the molecule is C#CCNC(=O)c1cn(Cc2ccc(-c3noc(C(F)(F)F)n3)s2)cn1. The third-order valence-electron chi connectivity index (χ3n) is 3.11. The van der Waals surface area contributed by atoms with Crippen molar-refractivity contribution < 1.29 is 22.5 Å². The number of terminal acetylenes is 1. The Balaban J connectivity index is 1.69. The number of carbonyl (C=O) groups is 1. The summed E-state index contributed by atoms with van der Waals surface area (Å²) in [6, 6.07) is 3.32. The molecule has 0 aliphatic carbocycles. The van der Waals surface area contributed by atoms with Crippen molar-refractivity contribution in [2.75, 3.05) is 6.54 Å². The summed E-state index contributed by atoms with van der Waals surface area (Å²) in [5, 5.41) is 5.84. The molecule has 1 N–H and O–H groups in total. The lowest BCUT2D eigenvalue weighted by Gasteiger charge is -1.98. The van der Waals surface area contributed by atoms with E-state index < -0.39 is 12.1 Å². The zero-order valence-electron chi connectivity index (χ0n) is 12.9. The van der Waals surface area contributed by atoms with E-state index in [-0.39, 0.29) is 24.0 Å². The fourth-order valence-corrected chi connectivity index (χ4v) is 2.93. The summed E-state index contributed by atoms with van der Waals surface area (Å²) in [4.78, 5) is 20.3. The van der Waals surface area contributed by atoms with E-state index in [0.29, 0.717) is 11.4 Å². The average molecular weight is 381 g/mol. The molecule has 0 atom stereocenters. The van der Waals surface area contributed by atoms with Gasteiger partial charge in [-0.1, -0.05) is 11.1 Å². The minimum Gasteiger partial charge on any atom is -0.340 e. The van der Waals surface area contributed by atoms with Crippen LogP contribution in [0.4, 0.5) is 13.2 Å². The van der Waals surface area contributed by atoms with Gasteiger partial charge in [0.2, 0.25) is 5.82 Å². The number of thiophene rings is 1. The molecule has 11 heteroatoms. The van der Waals surface area contributed by atoms with Crippen molar-refractivity contribution in [3.63, 3.8) is 0 Å². The molecule has 0 unspecified atom stereocenters. The summed E-state index contributed by atoms with van der Waals surface area (Å²) < 4.78 is 43.4. The van der Waals surface area contributed by atoms with Crippen molar-refractivity contribution in [2.45, 2.75) is 12.7 Å². The van der Waals surface area contributed by atoms with E-state index >= 15 is 0 Å². The Morgan fingerprint density at radius 1 is 1.42 bits per heavy atom. The lowest BCUT2D eigenvalue weighted by atomic mass is 10.4. The Kier molecular flexibility index (Phi) is 4.77. The number of hydrogen-bond acceptors (Lipinski definition) is 6. The van der Waals surface area contributed by atoms with Crippen molar-refractivity contribution >= 4 is 17.2 Å². The number of rotatable bonds is 5. The standard InChI is InChI=1S/C15H10F3N5O2S/c1-2-5-19-13(24)10-7-23(8-20-10)6-9-3-4-11(26-9)12-21-14(25-22-12)15(16,17)18/h1,3-4,7-8H,5-6H2,(H,19,24). The van der Waals surface area contributed by atoms with Gasteiger partial charge in [-0.2, -0.15) is 18.2 Å². The Bertz CT molecular complexity index is 966. The van der Waals surface area contributed by atoms with Crippen LogP contribution in [-0.2, 0) is 12.7 Å². The normalized spacial score (nSPS) is 11.3. The minimum atomic E-state index is -4.68. The van der Waals surface area contributed by atoms with E-state index in [1.165, 1.54) is 17.7 Å². The van der Waals surface area contributed by atoms with Crippen LogP contribution in [0.25, 0.3) is 10.7 Å². The molecule has 0 aliphatic rings. The molecule has 3 heterocycles. The van der Waals surface area contributed by atoms with E-state index in [4.69, 9.17) is 6.42 Å². The summed E-state index contributed by atoms with van der Waals surface area (Å²) in [6.45, 7) is 0.481. The summed E-state index contributed by atoms with van der Waals surface area (Å²) in [6.07, 6.45) is 3.40. The van der Waals surface area contributed by atoms with Gasteiger partial charge in [-0.15, -0.1) is 17.8 Å². The summed E-state index contributed by atoms with van der Waals surface area (Å²) in [5.74, 6) is 0.381. The second kappa shape index (κ2) is 7.01. The molecule has 7 nitrogen and oxygen atoms in total. The Hall–Kier alpha value is -3.13. The first-order valence-electron chi connectivity index (χ1n) is 7.10. The van der Waals surface area contributed by atoms with Gasteiger partial charge in [0.1, 0.15) is 5.69 Å². The Morgan fingerprint density at radius 2 is 2.23 bits per heavy atom. The topological polar surface area (TPSA) is 85.8 Å². The van der Waals surface area contributed by atoms with E-state index in [0.717, 1.165) is 4.88 Å². The maximum atomic E-state index is 12.5. The number of aromatic nitrogens is 4. The molecule has 0 aliphatic heterocycles. The van der Waals surface area contributed by atoms with Crippen molar-refractivity contribution in [3.8, 4) is 23.0 Å². The van der Waals surface area contributed by atoms with E-state index in [2.05, 4.69) is 30.9 Å². The fourth-order valence-electron chi connectivity index (χ4n) is 1.99. The van der Waals surface area contributed by atoms with Gasteiger partial charge in [-0.25, -0.2) is 4.98 Å². The number of halogens is 3. The predicted octanol–water partition coefficient (Wildman–Crippen LogP) is 2.42. The van der Waals surface area contributed by atoms with Crippen molar-refractivity contribution in [2.24, 2.45) is 0 Å². The Morgan fingerprint density at radius 3 is 2.92 bits per heavy atom. The monoisotopic (exact) mass is 381 g/mol. The van der Waals surface area contributed by atoms with Gasteiger partial charge < -0.3 is 14.4 Å². The van der Waals surface area contributed by atoms with E-state index in [1.807, 2.05) is 0 Å². The molecule has 3 aromatic rings. The highest BCUT2D eigenvalue weighted by Gasteiger charge is 2.38. The van der Waals surface area contributed by atoms with Crippen LogP contribution in [0.5, 0.6) is 0 Å². The first-order valence-corrected chi connectivity index (χ1v) is 7.92. The van der Waals surface area contributed by atoms with Crippen LogP contribution in [0.2, 0.25) is 0 Å². The van der Waals surface area contributed by atoms with Gasteiger partial charge in [-0.05, 0) is 12.1 Å². The van der Waals surface area contributed by atoms with Crippen LogP contribution in [0, 0.1) is 12.3 Å². The van der Waals surface area contributed by atoms with Gasteiger partial charge in [0.15, 0.2) is 0 Å². The lowest BCUT2D eigenvalue weighted by Crippen LogP contribution is -2.23. The number of carbonyl (C=O) groups excluding carboxylic acids is 1. The third-order valence-corrected chi connectivity index (χ3v) is 4.17. The van der Waals surface area contributed by atoms with Crippen LogP contribution < -0.4 is 5.32 Å². The van der Waals surface area contributed by atoms with Gasteiger partial charge in [0.05, 0.1) is 24.3 Å². The molecule has 3 aromatic heterocycles. The van der Waals surface area contributed by atoms with E-state index in [1.54, 1.807) is 22.9 Å². The fraction of sp³-hybridized carbons (Fsp3) is 0.200. The van der Waals surface area contributed by atoms with Crippen molar-refractivity contribution in [1.29, 1.82) is 0 Å². The highest BCUT2D eigenvalue weighted by molar-refractivity contribution is 7.15. The third kappa shape index (κ3) is 3.92. The van der Waals surface area contributed by atoms with Gasteiger partial charge in [-0.3, -0.25) is 4.79 Å². The quantitative estimate of drug-likeness (QED) is 0.686. The van der Waals surface area contributed by atoms with Crippen molar-refractivity contribution in [3.05, 3.63) is 41.1 Å². The molecule has 0 saturated heterocycles. The molecule has 0 saturated carbocycles. The zero-order chi connectivity index (χ0) is 18.7. The maximum Gasteiger partial charge on any atom is 0.471 e. The smallest absolute Gasteiger partial charge is 0.340 e. The highest BCUT2D eigenvalue weighted by atomic mass is 32.1. The molecule has 26 heavy (non-hydrogen) atoms. The molecular weight excluding hydrogens is 371 g/mol. The molecule has 0 fully saturated rings. The Labute approximate surface area is 148 Å². The van der Waals surface area contributed by atoms with Crippen LogP contribution in [0.1, 0.15) is 21.3 Å². The summed E-state index contributed by atoms with van der Waals surface area (Å²) in [5.41, 5.74) is 0.213. The predicted molar refractivity (Wildman–Crippen MR) is 85.1 cm³/mol. The second-order valence-electron chi connectivity index (χ2n) is 5.00. The molecule has 1 amide bonds. The highest BCUT2D eigenvalue weighted by Crippen LogP contribution is 2.31. The largest absolute Gasteiger partial charge is 0.471 e. The zero-order valence-corrected chi connectivity index (χ0v) is 13.8. The molecule has 3 rings (SSSR count). The summed E-state index contributed by atoms with van der Waals surface area (Å²) in [7, 11) is 0. The van der Waals surface area contributed by atoms with Gasteiger partial charge in [0, 0.05) is 11.1 Å². The second-order valence-corrected chi connectivity index (χ2v) is 6.17. The van der Waals surface area contributed by atoms with Crippen LogP contribution in [-0.4, -0.2) is 32.1 Å². The summed E-state index contributed by atoms with van der Waals surface area (Å²) >= 11 is 1.21. The first kappa shape index (κ1) is 17.7. The van der Waals surface area contributed by atoms with Gasteiger partial charge in [0.25, 0.3) is 5.91 Å². The van der Waals surface area contributed by atoms with Crippen LogP contribution in [0.15, 0.2) is 29.2 Å². The molecule has 0 aromatic carbocycles. The minimum absolute atomic E-state index is 0.102. The first-order chi connectivity index (χ1) is 12.4. The molecule has 0 spiro atoms. The maximum absolute atomic E-state index is 12.5.